The Morgan fingerprint density at radius 3 is 2.50 bits per heavy atom. The second-order valence-electron chi connectivity index (χ2n) is 6.62. The molecule has 0 spiro atoms. The first-order valence-corrected chi connectivity index (χ1v) is 6.82. The average Bonchev–Trinajstić information content (AvgIpc) is 2.49. The summed E-state index contributed by atoms with van der Waals surface area (Å²) >= 11 is 0. The molecule has 1 aromatic rings. The minimum Gasteiger partial charge on any atom is -0.379 e. The van der Waals surface area contributed by atoms with Gasteiger partial charge in [-0.2, -0.15) is 0 Å². The molecule has 110 valence electrons. The Morgan fingerprint density at radius 1 is 1.35 bits per heavy atom. The molecule has 20 heavy (non-hydrogen) atoms. The zero-order chi connectivity index (χ0) is 15.1. The lowest BCUT2D eigenvalue weighted by molar-refractivity contribution is -0.385. The molecule has 1 saturated heterocycles. The fourth-order valence-corrected chi connectivity index (χ4v) is 2.88. The predicted molar refractivity (Wildman–Crippen MR) is 79.1 cm³/mol. The van der Waals surface area contributed by atoms with Crippen LogP contribution in [0.25, 0.3) is 0 Å². The smallest absolute Gasteiger partial charge is 0.274 e. The molecule has 0 aliphatic carbocycles. The molecule has 1 fully saturated rings. The van der Waals surface area contributed by atoms with Gasteiger partial charge < -0.3 is 10.1 Å². The van der Waals surface area contributed by atoms with Crippen LogP contribution in [0.2, 0.25) is 0 Å². The van der Waals surface area contributed by atoms with Gasteiger partial charge in [-0.1, -0.05) is 6.07 Å². The summed E-state index contributed by atoms with van der Waals surface area (Å²) in [7, 11) is 0. The maximum absolute atomic E-state index is 11.0. The summed E-state index contributed by atoms with van der Waals surface area (Å²) in [5, 5.41) is 14.4. The third kappa shape index (κ3) is 2.93. The second kappa shape index (κ2) is 4.74. The Kier molecular flexibility index (Phi) is 3.50. The van der Waals surface area contributed by atoms with Crippen LogP contribution in [0.1, 0.15) is 39.7 Å². The van der Waals surface area contributed by atoms with E-state index in [1.807, 2.05) is 19.9 Å². The van der Waals surface area contributed by atoms with Crippen LogP contribution in [0.5, 0.6) is 0 Å². The number of ether oxygens (including phenoxy) is 1. The van der Waals surface area contributed by atoms with E-state index in [4.69, 9.17) is 4.74 Å². The third-order valence-corrected chi connectivity index (χ3v) is 3.82. The zero-order valence-electron chi connectivity index (χ0n) is 12.7. The lowest BCUT2D eigenvalue weighted by Crippen LogP contribution is -2.38. The first-order chi connectivity index (χ1) is 9.11. The molecule has 2 rings (SSSR count). The van der Waals surface area contributed by atoms with E-state index in [-0.39, 0.29) is 27.9 Å². The Labute approximate surface area is 119 Å². The van der Waals surface area contributed by atoms with Crippen LogP contribution in [-0.4, -0.2) is 22.2 Å². The summed E-state index contributed by atoms with van der Waals surface area (Å²) in [6.07, 6.45) is 0.863. The largest absolute Gasteiger partial charge is 0.379 e. The fourth-order valence-electron chi connectivity index (χ4n) is 2.88. The summed E-state index contributed by atoms with van der Waals surface area (Å²) in [6, 6.07) is 5.37. The number of rotatable bonds is 3. The number of benzene rings is 1. The van der Waals surface area contributed by atoms with E-state index in [0.717, 1.165) is 12.1 Å². The molecule has 0 saturated carbocycles. The van der Waals surface area contributed by atoms with Crippen molar-refractivity contribution in [1.29, 1.82) is 0 Å². The molecule has 1 aromatic carbocycles. The number of hydrogen-bond acceptors (Lipinski definition) is 4. The van der Waals surface area contributed by atoms with Gasteiger partial charge in [-0.3, -0.25) is 10.1 Å². The lowest BCUT2D eigenvalue weighted by atomic mass is 9.94. The second-order valence-corrected chi connectivity index (χ2v) is 6.62. The molecule has 0 aromatic heterocycles. The highest BCUT2D eigenvalue weighted by Gasteiger charge is 2.45. The van der Waals surface area contributed by atoms with Gasteiger partial charge in [0, 0.05) is 17.3 Å². The van der Waals surface area contributed by atoms with Gasteiger partial charge in [-0.25, -0.2) is 0 Å². The molecule has 0 radical (unpaired) electrons. The Morgan fingerprint density at radius 2 is 2.00 bits per heavy atom. The van der Waals surface area contributed by atoms with Gasteiger partial charge in [0.15, 0.2) is 0 Å². The summed E-state index contributed by atoms with van der Waals surface area (Å²) in [4.78, 5) is 10.6. The molecule has 1 heterocycles. The van der Waals surface area contributed by atoms with Crippen molar-refractivity contribution < 1.29 is 9.66 Å². The normalized spacial score (nSPS) is 23.6. The monoisotopic (exact) mass is 278 g/mol. The van der Waals surface area contributed by atoms with E-state index in [1.54, 1.807) is 19.1 Å². The fraction of sp³-hybridized carbons (Fsp3) is 0.600. The molecule has 1 aliphatic heterocycles. The van der Waals surface area contributed by atoms with Gasteiger partial charge >= 0.3 is 0 Å². The van der Waals surface area contributed by atoms with Gasteiger partial charge in [-0.05, 0) is 47.1 Å². The lowest BCUT2D eigenvalue weighted by Gasteiger charge is -2.28. The maximum Gasteiger partial charge on any atom is 0.274 e. The van der Waals surface area contributed by atoms with E-state index in [9.17, 15) is 10.1 Å². The Balaban J connectivity index is 2.23. The first-order valence-electron chi connectivity index (χ1n) is 6.82. The summed E-state index contributed by atoms with van der Waals surface area (Å²) < 4.78 is 6.03. The van der Waals surface area contributed by atoms with Crippen LogP contribution >= 0.6 is 0 Å². The van der Waals surface area contributed by atoms with Crippen molar-refractivity contribution in [2.75, 3.05) is 5.32 Å². The Hall–Kier alpha value is -1.62. The van der Waals surface area contributed by atoms with E-state index in [1.165, 1.54) is 0 Å². The first kappa shape index (κ1) is 14.8. The van der Waals surface area contributed by atoms with E-state index in [0.29, 0.717) is 5.56 Å². The molecule has 1 atom stereocenters. The molecule has 5 nitrogen and oxygen atoms in total. The standard InChI is InChI=1S/C15H22N2O3/c1-10-6-7-11(8-12(10)17(18)19)16-13-9-14(2,3)20-15(13,4)5/h6-8,13,16H,9H2,1-5H3. The summed E-state index contributed by atoms with van der Waals surface area (Å²) in [6.45, 7) is 9.96. The topological polar surface area (TPSA) is 64.4 Å². The summed E-state index contributed by atoms with van der Waals surface area (Å²) in [5.74, 6) is 0. The molecular formula is C15H22N2O3. The van der Waals surface area contributed by atoms with Crippen molar-refractivity contribution in [2.24, 2.45) is 0 Å². The van der Waals surface area contributed by atoms with E-state index in [2.05, 4.69) is 19.2 Å². The van der Waals surface area contributed by atoms with Crippen molar-refractivity contribution in [3.63, 3.8) is 0 Å². The number of nitrogens with one attached hydrogen (secondary N) is 1. The van der Waals surface area contributed by atoms with Gasteiger partial charge in [0.05, 0.1) is 22.2 Å². The van der Waals surface area contributed by atoms with Crippen molar-refractivity contribution in [2.45, 2.75) is 58.3 Å². The molecule has 0 bridgehead atoms. The van der Waals surface area contributed by atoms with Gasteiger partial charge in [0.2, 0.25) is 0 Å². The van der Waals surface area contributed by atoms with Crippen LogP contribution in [0, 0.1) is 17.0 Å². The molecule has 1 aliphatic rings. The molecule has 1 N–H and O–H groups in total. The van der Waals surface area contributed by atoms with Crippen LogP contribution in [0.4, 0.5) is 11.4 Å². The highest BCUT2D eigenvalue weighted by Crippen LogP contribution is 2.39. The number of nitro groups is 1. The molecule has 5 heteroatoms. The van der Waals surface area contributed by atoms with Crippen molar-refractivity contribution in [1.82, 2.24) is 0 Å². The van der Waals surface area contributed by atoms with Gasteiger partial charge in [0.25, 0.3) is 5.69 Å². The molecular weight excluding hydrogens is 256 g/mol. The minimum atomic E-state index is -0.346. The van der Waals surface area contributed by atoms with Crippen LogP contribution in [0.15, 0.2) is 18.2 Å². The minimum absolute atomic E-state index is 0.125. The number of anilines is 1. The SMILES string of the molecule is Cc1ccc(NC2CC(C)(C)OC2(C)C)cc1[N+](=O)[O-]. The molecule has 0 amide bonds. The third-order valence-electron chi connectivity index (χ3n) is 3.82. The number of nitrogens with zero attached hydrogens (tertiary/aromatic N) is 1. The van der Waals surface area contributed by atoms with Gasteiger partial charge in [0.1, 0.15) is 0 Å². The Bertz CT molecular complexity index is 538. The number of aryl methyl sites for hydroxylation is 1. The average molecular weight is 278 g/mol. The zero-order valence-corrected chi connectivity index (χ0v) is 12.7. The van der Waals surface area contributed by atoms with Crippen LogP contribution < -0.4 is 5.32 Å². The van der Waals surface area contributed by atoms with E-state index < -0.39 is 0 Å². The van der Waals surface area contributed by atoms with Crippen molar-refractivity contribution >= 4 is 11.4 Å². The van der Waals surface area contributed by atoms with Crippen LogP contribution in [-0.2, 0) is 4.74 Å². The van der Waals surface area contributed by atoms with E-state index >= 15 is 0 Å². The number of nitro benzene ring substituents is 1. The highest BCUT2D eigenvalue weighted by molar-refractivity contribution is 5.55. The predicted octanol–water partition coefficient (Wildman–Crippen LogP) is 3.66. The molecule has 1 unspecified atom stereocenters. The van der Waals surface area contributed by atoms with Gasteiger partial charge in [-0.15, -0.1) is 0 Å². The number of hydrogen-bond donors (Lipinski definition) is 1. The quantitative estimate of drug-likeness (QED) is 0.677. The maximum atomic E-state index is 11.0. The summed E-state index contributed by atoms with van der Waals surface area (Å²) in [5.41, 5.74) is 1.09. The highest BCUT2D eigenvalue weighted by atomic mass is 16.6. The van der Waals surface area contributed by atoms with Crippen LogP contribution in [0.3, 0.4) is 0 Å². The van der Waals surface area contributed by atoms with Crippen molar-refractivity contribution in [3.05, 3.63) is 33.9 Å². The van der Waals surface area contributed by atoms with Crippen molar-refractivity contribution in [3.8, 4) is 0 Å².